The lowest BCUT2D eigenvalue weighted by atomic mass is 9.94. The summed E-state index contributed by atoms with van der Waals surface area (Å²) in [6.45, 7) is 2.28. The number of benzene rings is 1. The molecular formula is C14H12O3. The summed E-state index contributed by atoms with van der Waals surface area (Å²) >= 11 is 0. The monoisotopic (exact) mass is 228 g/mol. The lowest BCUT2D eigenvalue weighted by Gasteiger charge is -2.15. The summed E-state index contributed by atoms with van der Waals surface area (Å²) in [6, 6.07) is 6.97. The molecule has 1 aliphatic carbocycles. The van der Waals surface area contributed by atoms with Gasteiger partial charge in [-0.15, -0.1) is 0 Å². The fourth-order valence-corrected chi connectivity index (χ4v) is 1.64. The van der Waals surface area contributed by atoms with Crippen LogP contribution >= 0.6 is 0 Å². The largest absolute Gasteiger partial charge is 0.489 e. The Kier molecular flexibility index (Phi) is 3.19. The average Bonchev–Trinajstić information content (AvgIpc) is 2.36. The fraction of sp³-hybridized carbons (Fsp3) is 0.143. The molecule has 1 aliphatic rings. The quantitative estimate of drug-likeness (QED) is 0.589. The van der Waals surface area contributed by atoms with Crippen LogP contribution in [-0.2, 0) is 9.53 Å². The molecule has 1 aromatic rings. The highest BCUT2D eigenvalue weighted by Gasteiger charge is 2.25. The topological polar surface area (TPSA) is 43.4 Å². The van der Waals surface area contributed by atoms with Gasteiger partial charge in [0.25, 0.3) is 0 Å². The highest BCUT2D eigenvalue weighted by atomic mass is 16.5. The third-order valence-corrected chi connectivity index (χ3v) is 2.49. The van der Waals surface area contributed by atoms with E-state index in [4.69, 9.17) is 4.74 Å². The van der Waals surface area contributed by atoms with E-state index in [2.05, 4.69) is 0 Å². The molecule has 0 spiro atoms. The number of hydrogen-bond donors (Lipinski definition) is 0. The number of carbonyl (C=O) groups is 2. The fourth-order valence-electron chi connectivity index (χ4n) is 1.64. The minimum Gasteiger partial charge on any atom is -0.489 e. The summed E-state index contributed by atoms with van der Waals surface area (Å²) in [5, 5.41) is 0. The summed E-state index contributed by atoms with van der Waals surface area (Å²) in [5.74, 6) is -0.540. The molecule has 17 heavy (non-hydrogen) atoms. The minimum absolute atomic E-state index is 0.387. The minimum atomic E-state index is -0.529. The zero-order valence-electron chi connectivity index (χ0n) is 9.47. The summed E-state index contributed by atoms with van der Waals surface area (Å²) in [5.41, 5.74) is 1.09. The van der Waals surface area contributed by atoms with Crippen LogP contribution in [0.3, 0.4) is 0 Å². The van der Waals surface area contributed by atoms with Crippen LogP contribution in [0.15, 0.2) is 42.5 Å². The zero-order valence-corrected chi connectivity index (χ0v) is 9.47. The van der Waals surface area contributed by atoms with Crippen molar-refractivity contribution >= 4 is 17.3 Å². The second kappa shape index (κ2) is 4.78. The predicted octanol–water partition coefficient (Wildman–Crippen LogP) is 2.39. The van der Waals surface area contributed by atoms with E-state index < -0.39 is 11.6 Å². The Morgan fingerprint density at radius 1 is 1.18 bits per heavy atom. The summed E-state index contributed by atoms with van der Waals surface area (Å²) in [4.78, 5) is 23.1. The van der Waals surface area contributed by atoms with Crippen molar-refractivity contribution in [2.24, 2.45) is 0 Å². The summed E-state index contributed by atoms with van der Waals surface area (Å²) < 4.78 is 5.47. The molecule has 0 unspecified atom stereocenters. The first-order chi connectivity index (χ1) is 8.24. The van der Waals surface area contributed by atoms with Crippen molar-refractivity contribution in [2.45, 2.75) is 6.92 Å². The molecule has 0 aliphatic heterocycles. The highest BCUT2D eigenvalue weighted by Crippen LogP contribution is 2.25. The first-order valence-electron chi connectivity index (χ1n) is 5.37. The zero-order chi connectivity index (χ0) is 12.3. The predicted molar refractivity (Wildman–Crippen MR) is 64.5 cm³/mol. The van der Waals surface area contributed by atoms with Crippen molar-refractivity contribution < 1.29 is 14.3 Å². The number of Topliss-reactive ketones (excluding diaryl/α,β-unsaturated/α-hetero) is 1. The van der Waals surface area contributed by atoms with Crippen LogP contribution < -0.4 is 0 Å². The number of hydrogen-bond acceptors (Lipinski definition) is 3. The standard InChI is InChI=1S/C14H12O3/c1-2-3-8-17-13-9-12(15)14(16)11-7-5-4-6-10(11)13/h2-7,9H,8H2,1H3/b3-2+. The van der Waals surface area contributed by atoms with Crippen molar-refractivity contribution in [3.05, 3.63) is 53.6 Å². The molecule has 1 aromatic carbocycles. The molecular weight excluding hydrogens is 216 g/mol. The van der Waals surface area contributed by atoms with E-state index in [0.29, 0.717) is 23.5 Å². The second-order valence-corrected chi connectivity index (χ2v) is 3.63. The van der Waals surface area contributed by atoms with E-state index in [9.17, 15) is 9.59 Å². The van der Waals surface area contributed by atoms with Gasteiger partial charge in [-0.25, -0.2) is 0 Å². The highest BCUT2D eigenvalue weighted by molar-refractivity contribution is 6.50. The van der Waals surface area contributed by atoms with Crippen molar-refractivity contribution in [1.82, 2.24) is 0 Å². The van der Waals surface area contributed by atoms with Crippen molar-refractivity contribution in [2.75, 3.05) is 6.61 Å². The second-order valence-electron chi connectivity index (χ2n) is 3.63. The molecule has 86 valence electrons. The van der Waals surface area contributed by atoms with Gasteiger partial charge in [0.1, 0.15) is 12.4 Å². The Balaban J connectivity index is 2.36. The van der Waals surface area contributed by atoms with Gasteiger partial charge < -0.3 is 4.74 Å². The van der Waals surface area contributed by atoms with E-state index in [1.165, 1.54) is 6.08 Å². The van der Waals surface area contributed by atoms with Crippen LogP contribution in [0.2, 0.25) is 0 Å². The third kappa shape index (κ3) is 2.18. The number of carbonyl (C=O) groups excluding carboxylic acids is 2. The summed E-state index contributed by atoms with van der Waals surface area (Å²) in [7, 11) is 0. The van der Waals surface area contributed by atoms with E-state index in [1.807, 2.05) is 25.1 Å². The molecule has 0 heterocycles. The van der Waals surface area contributed by atoms with Gasteiger partial charge in [0.2, 0.25) is 11.6 Å². The Hall–Kier alpha value is -2.16. The molecule has 3 nitrogen and oxygen atoms in total. The Morgan fingerprint density at radius 3 is 2.59 bits per heavy atom. The molecule has 0 aromatic heterocycles. The first kappa shape index (κ1) is 11.3. The number of allylic oxidation sites excluding steroid dienone is 2. The Bertz CT molecular complexity index is 524. The smallest absolute Gasteiger partial charge is 0.233 e. The number of ether oxygens (including phenoxy) is 1. The third-order valence-electron chi connectivity index (χ3n) is 2.49. The van der Waals surface area contributed by atoms with E-state index in [-0.39, 0.29) is 0 Å². The van der Waals surface area contributed by atoms with Crippen molar-refractivity contribution in [3.8, 4) is 0 Å². The molecule has 0 saturated heterocycles. The van der Waals surface area contributed by atoms with E-state index in [0.717, 1.165) is 0 Å². The van der Waals surface area contributed by atoms with Crippen molar-refractivity contribution in [3.63, 3.8) is 0 Å². The van der Waals surface area contributed by atoms with Crippen molar-refractivity contribution in [1.29, 1.82) is 0 Å². The summed E-state index contributed by atoms with van der Waals surface area (Å²) in [6.07, 6.45) is 4.96. The Labute approximate surface area is 99.4 Å². The van der Waals surface area contributed by atoms with Gasteiger partial charge in [0.05, 0.1) is 0 Å². The average molecular weight is 228 g/mol. The van der Waals surface area contributed by atoms with Crippen LogP contribution in [0.4, 0.5) is 0 Å². The molecule has 0 atom stereocenters. The normalized spacial score (nSPS) is 14.8. The van der Waals surface area contributed by atoms with E-state index in [1.54, 1.807) is 18.2 Å². The molecule has 0 fully saturated rings. The van der Waals surface area contributed by atoms with Gasteiger partial charge in [0, 0.05) is 17.2 Å². The molecule has 0 bridgehead atoms. The lowest BCUT2D eigenvalue weighted by Crippen LogP contribution is -2.19. The van der Waals surface area contributed by atoms with Gasteiger partial charge in [0.15, 0.2) is 0 Å². The van der Waals surface area contributed by atoms with Crippen LogP contribution in [0.1, 0.15) is 22.8 Å². The van der Waals surface area contributed by atoms with Gasteiger partial charge in [-0.05, 0) is 6.92 Å². The molecule has 0 N–H and O–H groups in total. The Morgan fingerprint density at radius 2 is 1.88 bits per heavy atom. The van der Waals surface area contributed by atoms with E-state index >= 15 is 0 Å². The van der Waals surface area contributed by atoms with Gasteiger partial charge in [-0.2, -0.15) is 0 Å². The maximum Gasteiger partial charge on any atom is 0.233 e. The SMILES string of the molecule is C/C=C/COC1=CC(=O)C(=O)c2ccccc21. The lowest BCUT2D eigenvalue weighted by molar-refractivity contribution is -0.111. The van der Waals surface area contributed by atoms with Gasteiger partial charge >= 0.3 is 0 Å². The van der Waals surface area contributed by atoms with Gasteiger partial charge in [-0.1, -0.05) is 36.4 Å². The first-order valence-corrected chi connectivity index (χ1v) is 5.37. The molecule has 0 radical (unpaired) electrons. The maximum atomic E-state index is 11.6. The molecule has 0 saturated carbocycles. The van der Waals surface area contributed by atoms with Crippen LogP contribution in [0.5, 0.6) is 0 Å². The van der Waals surface area contributed by atoms with Crippen LogP contribution in [-0.4, -0.2) is 18.2 Å². The number of fused-ring (bicyclic) bond motifs is 1. The molecule has 3 heteroatoms. The number of rotatable bonds is 3. The van der Waals surface area contributed by atoms with Crippen LogP contribution in [0, 0.1) is 0 Å². The molecule has 2 rings (SSSR count). The number of ketones is 2. The maximum absolute atomic E-state index is 11.6. The van der Waals surface area contributed by atoms with Crippen LogP contribution in [0.25, 0.3) is 5.76 Å². The molecule has 0 amide bonds. The van der Waals surface area contributed by atoms with Gasteiger partial charge in [-0.3, -0.25) is 9.59 Å².